The molecule has 0 fully saturated rings. The zero-order valence-corrected chi connectivity index (χ0v) is 7.92. The molecule has 1 aromatic heterocycles. The van der Waals surface area contributed by atoms with Crippen molar-refractivity contribution in [2.45, 2.75) is 0 Å². The van der Waals surface area contributed by atoms with Gasteiger partial charge in [-0.15, -0.1) is 0 Å². The summed E-state index contributed by atoms with van der Waals surface area (Å²) in [4.78, 5) is 6.64. The lowest BCUT2D eigenvalue weighted by Gasteiger charge is -2.00. The van der Waals surface area contributed by atoms with Crippen molar-refractivity contribution in [1.82, 2.24) is 9.97 Å². The van der Waals surface area contributed by atoms with Crippen LogP contribution in [-0.2, 0) is 0 Å². The van der Waals surface area contributed by atoms with E-state index in [2.05, 4.69) is 9.97 Å². The van der Waals surface area contributed by atoms with Gasteiger partial charge in [-0.05, 0) is 18.2 Å². The minimum atomic E-state index is 0.0218. The molecule has 1 aromatic carbocycles. The highest BCUT2D eigenvalue weighted by atomic mass is 35.5. The van der Waals surface area contributed by atoms with Gasteiger partial charge in [0.25, 0.3) is 0 Å². The van der Waals surface area contributed by atoms with E-state index in [9.17, 15) is 0 Å². The maximum Gasteiger partial charge on any atom is 0.208 e. The summed E-state index contributed by atoms with van der Waals surface area (Å²) < 4.78 is 0. The Morgan fingerprint density at radius 2 is 2.21 bits per heavy atom. The van der Waals surface area contributed by atoms with Crippen LogP contribution in [-0.4, -0.2) is 15.1 Å². The average molecular weight is 210 g/mol. The molecule has 0 bridgehead atoms. The topological polar surface area (TPSA) is 74.9 Å². The number of benzene rings is 1. The van der Waals surface area contributed by atoms with E-state index in [0.29, 0.717) is 16.5 Å². The number of aromatic amines is 1. The van der Waals surface area contributed by atoms with Gasteiger partial charge in [0.2, 0.25) is 5.88 Å². The molecule has 0 radical (unpaired) electrons. The van der Waals surface area contributed by atoms with Crippen LogP contribution in [0.15, 0.2) is 24.4 Å². The van der Waals surface area contributed by atoms with Gasteiger partial charge in [0.05, 0.1) is 16.9 Å². The second-order valence-corrected chi connectivity index (χ2v) is 3.26. The largest absolute Gasteiger partial charge is 0.493 e. The van der Waals surface area contributed by atoms with Crippen LogP contribution in [0.2, 0.25) is 5.02 Å². The number of H-pyrrole nitrogens is 1. The van der Waals surface area contributed by atoms with E-state index < -0.39 is 0 Å². The first-order valence-electron chi connectivity index (χ1n) is 3.96. The molecule has 0 aliphatic heterocycles. The first-order valence-corrected chi connectivity index (χ1v) is 4.34. The molecule has 0 atom stereocenters. The molecular weight excluding hydrogens is 202 g/mol. The van der Waals surface area contributed by atoms with Crippen LogP contribution >= 0.6 is 11.6 Å². The van der Waals surface area contributed by atoms with Crippen LogP contribution in [0.5, 0.6) is 5.88 Å². The van der Waals surface area contributed by atoms with Crippen molar-refractivity contribution in [3.05, 3.63) is 29.4 Å². The number of aromatic nitrogens is 2. The van der Waals surface area contributed by atoms with Gasteiger partial charge < -0.3 is 15.8 Å². The summed E-state index contributed by atoms with van der Waals surface area (Å²) >= 11 is 5.77. The van der Waals surface area contributed by atoms with Crippen molar-refractivity contribution in [2.24, 2.45) is 0 Å². The normalized spacial score (nSPS) is 10.4. The average Bonchev–Trinajstić information content (AvgIpc) is 2.57. The van der Waals surface area contributed by atoms with Crippen molar-refractivity contribution < 1.29 is 5.11 Å². The highest BCUT2D eigenvalue weighted by Crippen LogP contribution is 2.25. The van der Waals surface area contributed by atoms with Gasteiger partial charge in [0.1, 0.15) is 5.82 Å². The fourth-order valence-corrected chi connectivity index (χ4v) is 1.27. The molecule has 0 aliphatic carbocycles. The molecule has 0 aliphatic rings. The zero-order valence-electron chi connectivity index (χ0n) is 7.16. The summed E-state index contributed by atoms with van der Waals surface area (Å²) in [6.07, 6.45) is 1.33. The molecule has 0 amide bonds. The van der Waals surface area contributed by atoms with E-state index in [0.717, 1.165) is 5.56 Å². The fourth-order valence-electron chi connectivity index (χ4n) is 1.15. The number of hydrogen-bond donors (Lipinski definition) is 3. The first kappa shape index (κ1) is 8.90. The minimum absolute atomic E-state index is 0.0218. The van der Waals surface area contributed by atoms with E-state index >= 15 is 0 Å². The number of nitrogens with zero attached hydrogens (tertiary/aromatic N) is 1. The monoisotopic (exact) mass is 209 g/mol. The standard InChI is InChI=1S/C9H8ClN3O/c10-6-2-1-5(3-7(6)11)9-12-4-8(14)13-9/h1-4,14H,11H2,(H,12,13). The minimum Gasteiger partial charge on any atom is -0.493 e. The number of halogens is 1. The Hall–Kier alpha value is -1.68. The molecular formula is C9H8ClN3O. The van der Waals surface area contributed by atoms with Crippen molar-refractivity contribution in [3.63, 3.8) is 0 Å². The van der Waals surface area contributed by atoms with Crippen LogP contribution in [0.4, 0.5) is 5.69 Å². The van der Waals surface area contributed by atoms with E-state index in [4.69, 9.17) is 22.4 Å². The Morgan fingerprint density at radius 1 is 1.43 bits per heavy atom. The number of hydrogen-bond acceptors (Lipinski definition) is 3. The lowest BCUT2D eigenvalue weighted by molar-refractivity contribution is 0.457. The van der Waals surface area contributed by atoms with Crippen molar-refractivity contribution in [2.75, 3.05) is 5.73 Å². The molecule has 72 valence electrons. The number of aromatic hydroxyl groups is 1. The van der Waals surface area contributed by atoms with Gasteiger partial charge >= 0.3 is 0 Å². The van der Waals surface area contributed by atoms with Crippen LogP contribution in [0.25, 0.3) is 11.4 Å². The summed E-state index contributed by atoms with van der Waals surface area (Å²) in [6.45, 7) is 0. The quantitative estimate of drug-likeness (QED) is 0.629. The second kappa shape index (κ2) is 3.23. The molecule has 5 heteroatoms. The maximum atomic E-state index is 9.06. The third-order valence-electron chi connectivity index (χ3n) is 1.83. The number of nitrogens with two attached hydrogens (primary N) is 1. The van der Waals surface area contributed by atoms with Crippen molar-refractivity contribution in [3.8, 4) is 17.3 Å². The smallest absolute Gasteiger partial charge is 0.208 e. The van der Waals surface area contributed by atoms with Gasteiger partial charge in [0.15, 0.2) is 0 Å². The van der Waals surface area contributed by atoms with Crippen LogP contribution in [0.1, 0.15) is 0 Å². The number of nitrogen functional groups attached to an aromatic ring is 1. The molecule has 0 saturated heterocycles. The Balaban J connectivity index is 2.47. The van der Waals surface area contributed by atoms with E-state index in [1.54, 1.807) is 18.2 Å². The molecule has 1 heterocycles. The van der Waals surface area contributed by atoms with Crippen LogP contribution < -0.4 is 5.73 Å². The summed E-state index contributed by atoms with van der Waals surface area (Å²) in [5, 5.41) is 9.57. The molecule has 0 unspecified atom stereocenters. The zero-order chi connectivity index (χ0) is 10.1. The van der Waals surface area contributed by atoms with E-state index in [-0.39, 0.29) is 5.88 Å². The third-order valence-corrected chi connectivity index (χ3v) is 2.18. The van der Waals surface area contributed by atoms with Gasteiger partial charge in [0, 0.05) is 5.56 Å². The molecule has 14 heavy (non-hydrogen) atoms. The van der Waals surface area contributed by atoms with E-state index in [1.165, 1.54) is 6.20 Å². The SMILES string of the molecule is Nc1cc(-c2ncc(O)[nH]2)ccc1Cl. The van der Waals surface area contributed by atoms with Crippen molar-refractivity contribution in [1.29, 1.82) is 0 Å². The predicted molar refractivity (Wildman–Crippen MR) is 55.1 cm³/mol. The van der Waals surface area contributed by atoms with Crippen LogP contribution in [0.3, 0.4) is 0 Å². The summed E-state index contributed by atoms with van der Waals surface area (Å²) in [7, 11) is 0. The predicted octanol–water partition coefficient (Wildman–Crippen LogP) is 2.02. The Morgan fingerprint density at radius 3 is 2.79 bits per heavy atom. The molecule has 4 nitrogen and oxygen atoms in total. The fraction of sp³-hybridized carbons (Fsp3) is 0. The lowest BCUT2D eigenvalue weighted by Crippen LogP contribution is -1.88. The molecule has 4 N–H and O–H groups in total. The third kappa shape index (κ3) is 1.52. The Labute approximate surface area is 85.4 Å². The summed E-state index contributed by atoms with van der Waals surface area (Å²) in [5.74, 6) is 0.583. The number of anilines is 1. The molecule has 0 saturated carbocycles. The number of nitrogens with one attached hydrogen (secondary N) is 1. The van der Waals surface area contributed by atoms with Gasteiger partial charge in [-0.1, -0.05) is 11.6 Å². The van der Waals surface area contributed by atoms with Gasteiger partial charge in [-0.3, -0.25) is 0 Å². The maximum absolute atomic E-state index is 9.06. The Kier molecular flexibility index (Phi) is 2.05. The number of rotatable bonds is 1. The first-order chi connectivity index (χ1) is 6.66. The summed E-state index contributed by atoms with van der Waals surface area (Å²) in [5.41, 5.74) is 6.90. The molecule has 2 rings (SSSR count). The highest BCUT2D eigenvalue weighted by molar-refractivity contribution is 6.33. The molecule has 0 spiro atoms. The highest BCUT2D eigenvalue weighted by Gasteiger charge is 2.04. The van der Waals surface area contributed by atoms with Crippen LogP contribution in [0, 0.1) is 0 Å². The summed E-state index contributed by atoms with van der Waals surface area (Å²) in [6, 6.07) is 5.16. The second-order valence-electron chi connectivity index (χ2n) is 2.85. The van der Waals surface area contributed by atoms with Gasteiger partial charge in [-0.25, -0.2) is 4.98 Å². The molecule has 2 aromatic rings. The van der Waals surface area contributed by atoms with E-state index in [1.807, 2.05) is 0 Å². The van der Waals surface area contributed by atoms with Crippen molar-refractivity contribution >= 4 is 17.3 Å². The Bertz CT molecular complexity index is 467. The number of imidazole rings is 1. The van der Waals surface area contributed by atoms with Gasteiger partial charge in [-0.2, -0.15) is 0 Å². The lowest BCUT2D eigenvalue weighted by atomic mass is 10.2.